The summed E-state index contributed by atoms with van der Waals surface area (Å²) in [7, 11) is 0. The third kappa shape index (κ3) is 5.33. The van der Waals surface area contributed by atoms with Gasteiger partial charge in [0, 0.05) is 58.2 Å². The molecule has 7 nitrogen and oxygen atoms in total. The first-order valence-corrected chi connectivity index (χ1v) is 16.3. The van der Waals surface area contributed by atoms with E-state index in [1.54, 1.807) is 24.8 Å². The zero-order valence-corrected chi connectivity index (χ0v) is 26.7. The van der Waals surface area contributed by atoms with E-state index in [-0.39, 0.29) is 0 Å². The number of pyridine rings is 2. The molecule has 0 bridgehead atoms. The van der Waals surface area contributed by atoms with Crippen molar-refractivity contribution in [1.29, 1.82) is 0 Å². The Morgan fingerprint density at radius 1 is 0.280 bits per heavy atom. The quantitative estimate of drug-likeness (QED) is 0.167. The minimum Gasteiger partial charge on any atom is -0.265 e. The van der Waals surface area contributed by atoms with Gasteiger partial charge in [-0.3, -0.25) is 9.97 Å². The van der Waals surface area contributed by atoms with Crippen molar-refractivity contribution in [3.8, 4) is 68.1 Å². The lowest BCUT2D eigenvalue weighted by Crippen LogP contribution is -2.02. The molecule has 0 atom stereocenters. The van der Waals surface area contributed by atoms with E-state index in [4.69, 9.17) is 24.9 Å². The van der Waals surface area contributed by atoms with Crippen molar-refractivity contribution in [2.24, 2.45) is 0 Å². The summed E-state index contributed by atoms with van der Waals surface area (Å²) in [4.78, 5) is 33.9. The Balaban J connectivity index is 1.35. The molecule has 0 unspecified atom stereocenters. The van der Waals surface area contributed by atoms with Gasteiger partial charge in [0.2, 0.25) is 0 Å². The highest BCUT2D eigenvalue weighted by molar-refractivity contribution is 6.20. The van der Waals surface area contributed by atoms with E-state index in [0.717, 1.165) is 66.3 Å². The summed E-state index contributed by atoms with van der Waals surface area (Å²) in [6.07, 6.45) is 7.00. The fraction of sp³-hybridized carbons (Fsp3) is 0. The van der Waals surface area contributed by atoms with Crippen molar-refractivity contribution in [1.82, 2.24) is 34.9 Å². The highest BCUT2D eigenvalue weighted by Gasteiger charge is 2.22. The maximum absolute atomic E-state index is 5.25. The third-order valence-corrected chi connectivity index (χ3v) is 8.75. The molecule has 0 aliphatic heterocycles. The first-order valence-electron chi connectivity index (χ1n) is 16.3. The van der Waals surface area contributed by atoms with Crippen LogP contribution in [0.4, 0.5) is 0 Å². The second kappa shape index (κ2) is 12.6. The summed E-state index contributed by atoms with van der Waals surface area (Å²) in [5, 5.41) is 4.09. The van der Waals surface area contributed by atoms with E-state index < -0.39 is 0 Å². The topological polar surface area (TPSA) is 90.2 Å². The summed E-state index contributed by atoms with van der Waals surface area (Å²) in [5.74, 6) is 2.38. The monoisotopic (exact) mass is 641 g/mol. The van der Waals surface area contributed by atoms with E-state index >= 15 is 0 Å². The molecule has 0 aliphatic rings. The molecular weight excluding hydrogens is 615 g/mol. The van der Waals surface area contributed by atoms with E-state index in [1.165, 1.54) is 0 Å². The molecule has 0 fully saturated rings. The lowest BCUT2D eigenvalue weighted by Gasteiger charge is -2.18. The van der Waals surface area contributed by atoms with Crippen LogP contribution in [-0.4, -0.2) is 34.9 Å². The molecule has 0 amide bonds. The van der Waals surface area contributed by atoms with Crippen molar-refractivity contribution in [2.45, 2.75) is 0 Å². The molecule has 0 saturated heterocycles. The second-order valence-electron chi connectivity index (χ2n) is 11.8. The SMILES string of the molecule is c1ccc(-c2cc(-c3c4ccccc4c(-c4nc(-c5ccncc5)nc(-c5ccncc5)n4)c4ccccc34)nc(-c3ccccc3)n2)cc1. The fourth-order valence-electron chi connectivity index (χ4n) is 6.44. The Morgan fingerprint density at radius 3 is 1.18 bits per heavy atom. The van der Waals surface area contributed by atoms with Gasteiger partial charge in [0.25, 0.3) is 0 Å². The smallest absolute Gasteiger partial charge is 0.165 e. The zero-order valence-electron chi connectivity index (χ0n) is 26.7. The van der Waals surface area contributed by atoms with Crippen molar-refractivity contribution >= 4 is 21.5 Å². The van der Waals surface area contributed by atoms with Crippen molar-refractivity contribution in [3.05, 3.63) is 164 Å². The molecule has 0 saturated carbocycles. The highest BCUT2D eigenvalue weighted by atomic mass is 15.0. The lowest BCUT2D eigenvalue weighted by atomic mass is 9.89. The van der Waals surface area contributed by atoms with Gasteiger partial charge in [-0.1, -0.05) is 109 Å². The van der Waals surface area contributed by atoms with E-state index in [2.05, 4.69) is 88.8 Å². The zero-order chi connectivity index (χ0) is 33.3. The Labute approximate surface area is 288 Å². The average Bonchev–Trinajstić information content (AvgIpc) is 3.21. The Hall–Kier alpha value is -6.99. The van der Waals surface area contributed by atoms with Crippen molar-refractivity contribution in [2.75, 3.05) is 0 Å². The molecule has 0 spiro atoms. The van der Waals surface area contributed by atoms with Gasteiger partial charge in [-0.05, 0) is 51.9 Å². The number of fused-ring (bicyclic) bond motifs is 2. The van der Waals surface area contributed by atoms with E-state index in [0.29, 0.717) is 23.3 Å². The fourth-order valence-corrected chi connectivity index (χ4v) is 6.44. The Kier molecular flexibility index (Phi) is 7.33. The first kappa shape index (κ1) is 29.2. The summed E-state index contributed by atoms with van der Waals surface area (Å²) in [6, 6.07) is 47.0. The number of aromatic nitrogens is 7. The van der Waals surface area contributed by atoms with Gasteiger partial charge in [-0.2, -0.15) is 0 Å². The van der Waals surface area contributed by atoms with Crippen LogP contribution >= 0.6 is 0 Å². The maximum atomic E-state index is 5.25. The van der Waals surface area contributed by atoms with Crippen LogP contribution in [0.5, 0.6) is 0 Å². The van der Waals surface area contributed by atoms with Gasteiger partial charge in [0.1, 0.15) is 0 Å². The summed E-state index contributed by atoms with van der Waals surface area (Å²) in [5.41, 5.74) is 7.32. The Bertz CT molecular complexity index is 2270. The number of benzene rings is 5. The number of hydrogen-bond acceptors (Lipinski definition) is 7. The first-order chi connectivity index (χ1) is 24.8. The largest absolute Gasteiger partial charge is 0.265 e. The van der Waals surface area contributed by atoms with Crippen LogP contribution in [0.1, 0.15) is 0 Å². The molecular formula is C43H27N7. The molecule has 0 radical (unpaired) electrons. The minimum atomic E-state index is 0.567. The predicted octanol–water partition coefficient (Wildman–Crippen LogP) is 9.76. The molecule has 4 aromatic heterocycles. The van der Waals surface area contributed by atoms with Crippen LogP contribution in [-0.2, 0) is 0 Å². The van der Waals surface area contributed by atoms with Gasteiger partial charge in [0.05, 0.1) is 11.4 Å². The van der Waals surface area contributed by atoms with Gasteiger partial charge < -0.3 is 0 Å². The maximum Gasteiger partial charge on any atom is 0.165 e. The standard InChI is InChI=1S/C43H27N7/c1-3-11-28(12-4-1)36-27-37(47-40(46-36)29-13-5-2-6-14-29)38-32-15-7-9-17-34(32)39(35-18-10-8-16-33(35)38)43-49-41(30-19-23-44-24-20-30)48-42(50-43)31-21-25-45-26-22-31/h1-27H. The summed E-state index contributed by atoms with van der Waals surface area (Å²) < 4.78 is 0. The molecule has 4 heterocycles. The molecule has 9 aromatic rings. The molecule has 7 heteroatoms. The van der Waals surface area contributed by atoms with Gasteiger partial charge in [-0.25, -0.2) is 24.9 Å². The van der Waals surface area contributed by atoms with Crippen molar-refractivity contribution < 1.29 is 0 Å². The number of nitrogens with zero attached hydrogens (tertiary/aromatic N) is 7. The molecule has 0 N–H and O–H groups in total. The van der Waals surface area contributed by atoms with E-state index in [9.17, 15) is 0 Å². The Morgan fingerprint density at radius 2 is 0.660 bits per heavy atom. The van der Waals surface area contributed by atoms with Crippen LogP contribution in [0, 0.1) is 0 Å². The second-order valence-corrected chi connectivity index (χ2v) is 11.8. The molecule has 50 heavy (non-hydrogen) atoms. The highest BCUT2D eigenvalue weighted by Crippen LogP contribution is 2.43. The van der Waals surface area contributed by atoms with Gasteiger partial charge in [0.15, 0.2) is 23.3 Å². The third-order valence-electron chi connectivity index (χ3n) is 8.75. The van der Waals surface area contributed by atoms with Gasteiger partial charge in [-0.15, -0.1) is 0 Å². The minimum absolute atomic E-state index is 0.567. The van der Waals surface area contributed by atoms with Crippen LogP contribution in [0.2, 0.25) is 0 Å². The van der Waals surface area contributed by atoms with Crippen LogP contribution in [0.3, 0.4) is 0 Å². The van der Waals surface area contributed by atoms with Gasteiger partial charge >= 0.3 is 0 Å². The molecule has 234 valence electrons. The number of hydrogen-bond donors (Lipinski definition) is 0. The summed E-state index contributed by atoms with van der Waals surface area (Å²) in [6.45, 7) is 0. The van der Waals surface area contributed by atoms with Crippen LogP contribution in [0.25, 0.3) is 89.6 Å². The average molecular weight is 642 g/mol. The molecule has 5 aromatic carbocycles. The number of rotatable bonds is 6. The molecule has 9 rings (SSSR count). The summed E-state index contributed by atoms with van der Waals surface area (Å²) >= 11 is 0. The molecule has 0 aliphatic carbocycles. The lowest BCUT2D eigenvalue weighted by molar-refractivity contribution is 1.07. The predicted molar refractivity (Wildman–Crippen MR) is 199 cm³/mol. The van der Waals surface area contributed by atoms with E-state index in [1.807, 2.05) is 60.7 Å². The normalized spacial score (nSPS) is 11.2. The van der Waals surface area contributed by atoms with Crippen LogP contribution in [0.15, 0.2) is 164 Å². The van der Waals surface area contributed by atoms with Crippen molar-refractivity contribution in [3.63, 3.8) is 0 Å². The van der Waals surface area contributed by atoms with Crippen LogP contribution < -0.4 is 0 Å².